The van der Waals surface area contributed by atoms with Crippen molar-refractivity contribution in [2.24, 2.45) is 0 Å². The van der Waals surface area contributed by atoms with Gasteiger partial charge in [0.05, 0.1) is 6.61 Å². The van der Waals surface area contributed by atoms with E-state index in [4.69, 9.17) is 11.5 Å². The van der Waals surface area contributed by atoms with Crippen LogP contribution in [0.5, 0.6) is 0 Å². The van der Waals surface area contributed by atoms with Gasteiger partial charge in [-0.1, -0.05) is 6.92 Å². The third-order valence-corrected chi connectivity index (χ3v) is 2.18. The van der Waals surface area contributed by atoms with Gasteiger partial charge in [-0.2, -0.15) is 0 Å². The molecule has 0 radical (unpaired) electrons. The molecule has 0 aliphatic rings. The predicted molar refractivity (Wildman–Crippen MR) is 51.9 cm³/mol. The van der Waals surface area contributed by atoms with Gasteiger partial charge in [-0.05, 0) is 26.3 Å². The van der Waals surface area contributed by atoms with Crippen molar-refractivity contribution in [2.45, 2.75) is 38.6 Å². The van der Waals surface area contributed by atoms with Gasteiger partial charge in [-0.15, -0.1) is 12.3 Å². The van der Waals surface area contributed by atoms with E-state index in [-0.39, 0.29) is 12.1 Å². The molecule has 0 aromatic carbocycles. The molecule has 2 nitrogen and oxygen atoms in total. The lowest BCUT2D eigenvalue weighted by Gasteiger charge is -2.27. The molecule has 0 spiro atoms. The lowest BCUT2D eigenvalue weighted by Crippen LogP contribution is -2.45. The van der Waals surface area contributed by atoms with Crippen molar-refractivity contribution >= 4 is 0 Å². The van der Waals surface area contributed by atoms with Gasteiger partial charge in [0.25, 0.3) is 0 Å². The molecule has 1 unspecified atom stereocenters. The molecular weight excluding hydrogens is 150 g/mol. The summed E-state index contributed by atoms with van der Waals surface area (Å²) in [6.45, 7) is 5.14. The van der Waals surface area contributed by atoms with Crippen LogP contribution in [0.3, 0.4) is 0 Å². The molecular formula is C10H19NO. The van der Waals surface area contributed by atoms with Gasteiger partial charge in [0.15, 0.2) is 0 Å². The van der Waals surface area contributed by atoms with Gasteiger partial charge in [0, 0.05) is 12.0 Å². The third-order valence-electron chi connectivity index (χ3n) is 2.18. The Morgan fingerprint density at radius 1 is 1.58 bits per heavy atom. The average Bonchev–Trinajstić information content (AvgIpc) is 2.12. The molecule has 0 amide bonds. The first-order chi connectivity index (χ1) is 5.68. The minimum atomic E-state index is -0.130. The minimum absolute atomic E-state index is 0.130. The average molecular weight is 169 g/mol. The van der Waals surface area contributed by atoms with Crippen molar-refractivity contribution in [3.63, 3.8) is 0 Å². The number of nitrogens with one attached hydrogen (secondary N) is 1. The third kappa shape index (κ3) is 4.38. The highest BCUT2D eigenvalue weighted by Crippen LogP contribution is 2.07. The van der Waals surface area contributed by atoms with Crippen LogP contribution in [0.1, 0.15) is 33.1 Å². The van der Waals surface area contributed by atoms with Gasteiger partial charge < -0.3 is 10.4 Å². The smallest absolute Gasteiger partial charge is 0.0610 e. The van der Waals surface area contributed by atoms with Crippen molar-refractivity contribution in [3.8, 4) is 12.3 Å². The first-order valence-electron chi connectivity index (χ1n) is 4.48. The van der Waals surface area contributed by atoms with Crippen LogP contribution in [0.25, 0.3) is 0 Å². The maximum atomic E-state index is 9.04. The molecule has 0 saturated heterocycles. The molecule has 0 rings (SSSR count). The SMILES string of the molecule is C#CCCCNC(C)(CC)CO. The molecule has 1 atom stereocenters. The van der Waals surface area contributed by atoms with Gasteiger partial charge in [0.2, 0.25) is 0 Å². The van der Waals surface area contributed by atoms with Crippen molar-refractivity contribution in [1.29, 1.82) is 0 Å². The highest BCUT2D eigenvalue weighted by Gasteiger charge is 2.18. The quantitative estimate of drug-likeness (QED) is 0.462. The lowest BCUT2D eigenvalue weighted by molar-refractivity contribution is 0.170. The Morgan fingerprint density at radius 3 is 2.67 bits per heavy atom. The van der Waals surface area contributed by atoms with Gasteiger partial charge >= 0.3 is 0 Å². The fourth-order valence-electron chi connectivity index (χ4n) is 0.873. The Hall–Kier alpha value is -0.520. The van der Waals surface area contributed by atoms with Crippen molar-refractivity contribution < 1.29 is 5.11 Å². The van der Waals surface area contributed by atoms with E-state index in [1.807, 2.05) is 6.92 Å². The molecule has 0 heterocycles. The number of rotatable bonds is 6. The van der Waals surface area contributed by atoms with Gasteiger partial charge in [-0.25, -0.2) is 0 Å². The molecule has 0 saturated carbocycles. The molecule has 0 aromatic rings. The van der Waals surface area contributed by atoms with Crippen LogP contribution in [-0.4, -0.2) is 23.8 Å². The molecule has 2 N–H and O–H groups in total. The summed E-state index contributed by atoms with van der Waals surface area (Å²) in [5, 5.41) is 12.3. The zero-order chi connectivity index (χ0) is 9.45. The minimum Gasteiger partial charge on any atom is -0.394 e. The molecule has 2 heteroatoms. The number of hydrogen-bond donors (Lipinski definition) is 2. The second-order valence-corrected chi connectivity index (χ2v) is 3.31. The fourth-order valence-corrected chi connectivity index (χ4v) is 0.873. The maximum Gasteiger partial charge on any atom is 0.0610 e. The van der Waals surface area contributed by atoms with E-state index < -0.39 is 0 Å². The van der Waals surface area contributed by atoms with E-state index in [1.54, 1.807) is 0 Å². The largest absolute Gasteiger partial charge is 0.394 e. The topological polar surface area (TPSA) is 32.3 Å². The molecule has 0 aliphatic carbocycles. The second-order valence-electron chi connectivity index (χ2n) is 3.31. The van der Waals surface area contributed by atoms with Crippen LogP contribution in [-0.2, 0) is 0 Å². The molecule has 0 aliphatic heterocycles. The molecule has 70 valence electrons. The number of terminal acetylenes is 1. The fraction of sp³-hybridized carbons (Fsp3) is 0.800. The summed E-state index contributed by atoms with van der Waals surface area (Å²) in [4.78, 5) is 0. The van der Waals surface area contributed by atoms with Gasteiger partial charge in [0.1, 0.15) is 0 Å². The van der Waals surface area contributed by atoms with E-state index in [0.29, 0.717) is 0 Å². The normalized spacial score (nSPS) is 15.2. The molecule has 12 heavy (non-hydrogen) atoms. The second kappa shape index (κ2) is 6.05. The van der Waals surface area contributed by atoms with Crippen LogP contribution in [0, 0.1) is 12.3 Å². The Morgan fingerprint density at radius 2 is 2.25 bits per heavy atom. The summed E-state index contributed by atoms with van der Waals surface area (Å²) in [6.07, 6.45) is 7.83. The first kappa shape index (κ1) is 11.5. The summed E-state index contributed by atoms with van der Waals surface area (Å²) in [6, 6.07) is 0. The molecule has 0 bridgehead atoms. The van der Waals surface area contributed by atoms with Crippen molar-refractivity contribution in [2.75, 3.05) is 13.2 Å². The monoisotopic (exact) mass is 169 g/mol. The van der Waals surface area contributed by atoms with E-state index >= 15 is 0 Å². The summed E-state index contributed by atoms with van der Waals surface area (Å²) in [5.41, 5.74) is -0.130. The van der Waals surface area contributed by atoms with Crippen LogP contribution < -0.4 is 5.32 Å². The first-order valence-corrected chi connectivity index (χ1v) is 4.48. The Bertz CT molecular complexity index is 144. The maximum absolute atomic E-state index is 9.04. The van der Waals surface area contributed by atoms with Crippen molar-refractivity contribution in [3.05, 3.63) is 0 Å². The van der Waals surface area contributed by atoms with Crippen LogP contribution in [0.4, 0.5) is 0 Å². The molecule has 0 fully saturated rings. The standard InChI is InChI=1S/C10H19NO/c1-4-6-7-8-11-10(3,5-2)9-12/h1,11-12H,5-9H2,2-3H3. The zero-order valence-corrected chi connectivity index (χ0v) is 8.06. The van der Waals surface area contributed by atoms with Gasteiger partial charge in [-0.3, -0.25) is 0 Å². The van der Waals surface area contributed by atoms with E-state index in [1.165, 1.54) is 0 Å². The summed E-state index contributed by atoms with van der Waals surface area (Å²) in [7, 11) is 0. The number of aliphatic hydroxyl groups excluding tert-OH is 1. The number of hydrogen-bond acceptors (Lipinski definition) is 2. The number of aliphatic hydroxyl groups is 1. The Balaban J connectivity index is 3.53. The summed E-state index contributed by atoms with van der Waals surface area (Å²) < 4.78 is 0. The van der Waals surface area contributed by atoms with Crippen LogP contribution >= 0.6 is 0 Å². The number of unbranched alkanes of at least 4 members (excludes halogenated alkanes) is 1. The zero-order valence-electron chi connectivity index (χ0n) is 8.06. The van der Waals surface area contributed by atoms with E-state index in [0.717, 1.165) is 25.8 Å². The van der Waals surface area contributed by atoms with E-state index in [2.05, 4.69) is 18.2 Å². The van der Waals surface area contributed by atoms with Crippen molar-refractivity contribution in [1.82, 2.24) is 5.32 Å². The lowest BCUT2D eigenvalue weighted by atomic mass is 10.0. The predicted octanol–water partition coefficient (Wildman–Crippen LogP) is 1.15. The molecule has 0 aromatic heterocycles. The summed E-state index contributed by atoms with van der Waals surface area (Å²) in [5.74, 6) is 2.59. The van der Waals surface area contributed by atoms with Crippen LogP contribution in [0.2, 0.25) is 0 Å². The highest BCUT2D eigenvalue weighted by molar-refractivity contribution is 4.85. The van der Waals surface area contributed by atoms with Crippen LogP contribution in [0.15, 0.2) is 0 Å². The Kier molecular flexibility index (Phi) is 5.79. The Labute approximate surface area is 75.4 Å². The highest BCUT2D eigenvalue weighted by atomic mass is 16.3. The summed E-state index contributed by atoms with van der Waals surface area (Å²) >= 11 is 0. The van der Waals surface area contributed by atoms with E-state index in [9.17, 15) is 0 Å².